The van der Waals surface area contributed by atoms with Gasteiger partial charge in [-0.2, -0.15) is 0 Å². The molecule has 0 radical (unpaired) electrons. The van der Waals surface area contributed by atoms with E-state index in [9.17, 15) is 0 Å². The number of unbranched alkanes of at least 4 members (excludes halogenated alkanes) is 1. The Morgan fingerprint density at radius 3 is 2.81 bits per heavy atom. The molecule has 0 bridgehead atoms. The number of likely N-dealkylation sites (tertiary alicyclic amines) is 1. The molecule has 0 aromatic rings. The summed E-state index contributed by atoms with van der Waals surface area (Å²) in [6, 6.07) is 0.882. The number of methoxy groups -OCH3 is 1. The molecule has 3 fully saturated rings. The van der Waals surface area contributed by atoms with Crippen LogP contribution in [-0.4, -0.2) is 38.3 Å². The van der Waals surface area contributed by atoms with E-state index >= 15 is 0 Å². The van der Waals surface area contributed by atoms with Crippen LogP contribution in [0.15, 0.2) is 11.6 Å². The van der Waals surface area contributed by atoms with Gasteiger partial charge >= 0.3 is 0 Å². The molecule has 156 valence electrons. The summed E-state index contributed by atoms with van der Waals surface area (Å²) in [5, 5.41) is 0. The molecule has 6 atom stereocenters. The van der Waals surface area contributed by atoms with Gasteiger partial charge in [0.05, 0.1) is 0 Å². The van der Waals surface area contributed by atoms with Crippen LogP contribution in [0.25, 0.3) is 0 Å². The van der Waals surface area contributed by atoms with Crippen LogP contribution in [0.4, 0.5) is 0 Å². The summed E-state index contributed by atoms with van der Waals surface area (Å²) >= 11 is 0. The Hall–Kier alpha value is -0.340. The highest BCUT2D eigenvalue weighted by atomic mass is 16.5. The Bertz CT molecular complexity index is 501. The Morgan fingerprint density at radius 1 is 1.26 bits per heavy atom. The van der Waals surface area contributed by atoms with Crippen molar-refractivity contribution < 1.29 is 4.74 Å². The largest absolute Gasteiger partial charge is 0.385 e. The molecule has 2 aliphatic carbocycles. The Kier molecular flexibility index (Phi) is 7.47. The number of rotatable bonds is 6. The predicted molar refractivity (Wildman–Crippen MR) is 116 cm³/mol. The van der Waals surface area contributed by atoms with Gasteiger partial charge in [0, 0.05) is 19.8 Å². The second-order valence-corrected chi connectivity index (χ2v) is 10.2. The number of nitrogens with zero attached hydrogens (tertiary/aromatic N) is 1. The van der Waals surface area contributed by atoms with Gasteiger partial charge in [0.2, 0.25) is 0 Å². The standard InChI is InChI=1S/C25H45NO/c1-6-21-22-14-16-26(4)24(22)13-12-23(21)25(3)15-9-11-20(18-19(25)2)10-7-8-17-27-5/h10,19,21-24H,6-9,11-18H2,1-5H3/t19?,21?,22?,23?,24-,25+/m1/s1. The summed E-state index contributed by atoms with van der Waals surface area (Å²) in [5.41, 5.74) is 2.28. The van der Waals surface area contributed by atoms with E-state index in [4.69, 9.17) is 4.74 Å². The van der Waals surface area contributed by atoms with Gasteiger partial charge in [-0.05, 0) is 100 Å². The molecule has 2 saturated carbocycles. The predicted octanol–water partition coefficient (Wildman–Crippen LogP) is 6.31. The maximum Gasteiger partial charge on any atom is 0.0465 e. The van der Waals surface area contributed by atoms with Crippen LogP contribution in [-0.2, 0) is 4.74 Å². The van der Waals surface area contributed by atoms with Crippen LogP contribution >= 0.6 is 0 Å². The minimum absolute atomic E-state index is 0.537. The smallest absolute Gasteiger partial charge is 0.0465 e. The van der Waals surface area contributed by atoms with Gasteiger partial charge in [-0.25, -0.2) is 0 Å². The van der Waals surface area contributed by atoms with Crippen molar-refractivity contribution in [1.82, 2.24) is 4.90 Å². The summed E-state index contributed by atoms with van der Waals surface area (Å²) in [6.07, 6.45) is 16.2. The minimum Gasteiger partial charge on any atom is -0.385 e. The number of hydrogen-bond donors (Lipinski definition) is 0. The second kappa shape index (κ2) is 9.44. The Labute approximate surface area is 169 Å². The highest BCUT2D eigenvalue weighted by Crippen LogP contribution is 2.56. The van der Waals surface area contributed by atoms with E-state index in [2.05, 4.69) is 38.8 Å². The maximum absolute atomic E-state index is 5.22. The lowest BCUT2D eigenvalue weighted by molar-refractivity contribution is -0.0193. The summed E-state index contributed by atoms with van der Waals surface area (Å²) in [6.45, 7) is 9.96. The van der Waals surface area contributed by atoms with Gasteiger partial charge < -0.3 is 9.64 Å². The van der Waals surface area contributed by atoms with Gasteiger partial charge in [0.25, 0.3) is 0 Å². The third-order valence-corrected chi connectivity index (χ3v) is 8.93. The minimum atomic E-state index is 0.537. The fourth-order valence-corrected chi connectivity index (χ4v) is 7.18. The second-order valence-electron chi connectivity index (χ2n) is 10.2. The molecule has 27 heavy (non-hydrogen) atoms. The molecule has 4 unspecified atom stereocenters. The van der Waals surface area contributed by atoms with Gasteiger partial charge in [-0.3, -0.25) is 0 Å². The highest BCUT2D eigenvalue weighted by molar-refractivity contribution is 5.09. The van der Waals surface area contributed by atoms with Crippen molar-refractivity contribution in [1.29, 1.82) is 0 Å². The van der Waals surface area contributed by atoms with E-state index in [0.717, 1.165) is 36.3 Å². The number of ether oxygens (including phenoxy) is 1. The van der Waals surface area contributed by atoms with Gasteiger partial charge in [-0.15, -0.1) is 0 Å². The van der Waals surface area contributed by atoms with Crippen molar-refractivity contribution in [3.63, 3.8) is 0 Å². The van der Waals surface area contributed by atoms with Crippen LogP contribution < -0.4 is 0 Å². The van der Waals surface area contributed by atoms with Crippen LogP contribution in [0.3, 0.4) is 0 Å². The third kappa shape index (κ3) is 4.47. The van der Waals surface area contributed by atoms with E-state index < -0.39 is 0 Å². The van der Waals surface area contributed by atoms with E-state index in [1.54, 1.807) is 5.57 Å². The molecular weight excluding hydrogens is 330 g/mol. The number of hydrogen-bond acceptors (Lipinski definition) is 2. The van der Waals surface area contributed by atoms with Gasteiger partial charge in [0.1, 0.15) is 0 Å². The first-order valence-electron chi connectivity index (χ1n) is 11.9. The summed E-state index contributed by atoms with van der Waals surface area (Å²) in [7, 11) is 4.18. The SMILES string of the molecule is CCC1C2CCN(C)[C@@H]2CCC1[C@@]1(C)CCCC(=CCCCOC)CC1C. The number of fused-ring (bicyclic) bond motifs is 1. The molecule has 1 saturated heterocycles. The fraction of sp³-hybridized carbons (Fsp3) is 0.920. The quantitative estimate of drug-likeness (QED) is 0.306. The molecule has 2 heteroatoms. The Morgan fingerprint density at radius 2 is 2.07 bits per heavy atom. The molecule has 1 heterocycles. The lowest BCUT2D eigenvalue weighted by Crippen LogP contribution is -2.47. The molecule has 3 aliphatic rings. The van der Waals surface area contributed by atoms with Crippen LogP contribution in [0.5, 0.6) is 0 Å². The van der Waals surface area contributed by atoms with Gasteiger partial charge in [-0.1, -0.05) is 38.8 Å². The third-order valence-electron chi connectivity index (χ3n) is 8.93. The van der Waals surface area contributed by atoms with Crippen molar-refractivity contribution in [3.8, 4) is 0 Å². The van der Waals surface area contributed by atoms with E-state index in [-0.39, 0.29) is 0 Å². The van der Waals surface area contributed by atoms with Crippen LogP contribution in [0.2, 0.25) is 0 Å². The first-order valence-corrected chi connectivity index (χ1v) is 11.9. The van der Waals surface area contributed by atoms with Crippen molar-refractivity contribution in [3.05, 3.63) is 11.6 Å². The number of allylic oxidation sites excluding steroid dienone is 2. The average Bonchev–Trinajstić information content (AvgIpc) is 2.97. The fourth-order valence-electron chi connectivity index (χ4n) is 7.18. The molecule has 0 N–H and O–H groups in total. The monoisotopic (exact) mass is 375 g/mol. The molecular formula is C25H45NO. The lowest BCUT2D eigenvalue weighted by atomic mass is 9.54. The summed E-state index contributed by atoms with van der Waals surface area (Å²) in [5.74, 6) is 3.69. The molecule has 0 amide bonds. The highest BCUT2D eigenvalue weighted by Gasteiger charge is 2.50. The molecule has 0 spiro atoms. The zero-order valence-electron chi connectivity index (χ0n) is 18.8. The van der Waals surface area contributed by atoms with Crippen molar-refractivity contribution in [2.75, 3.05) is 27.3 Å². The molecule has 3 rings (SSSR count). The van der Waals surface area contributed by atoms with E-state index in [1.807, 2.05) is 7.11 Å². The van der Waals surface area contributed by atoms with Crippen molar-refractivity contribution in [2.45, 2.75) is 91.0 Å². The van der Waals surface area contributed by atoms with Crippen LogP contribution in [0.1, 0.15) is 85.0 Å². The van der Waals surface area contributed by atoms with E-state index in [1.165, 1.54) is 70.8 Å². The van der Waals surface area contributed by atoms with E-state index in [0.29, 0.717) is 5.41 Å². The zero-order valence-corrected chi connectivity index (χ0v) is 18.8. The van der Waals surface area contributed by atoms with Gasteiger partial charge in [0.15, 0.2) is 0 Å². The first kappa shape index (κ1) is 21.4. The summed E-state index contributed by atoms with van der Waals surface area (Å²) < 4.78 is 5.22. The summed E-state index contributed by atoms with van der Waals surface area (Å²) in [4.78, 5) is 2.67. The average molecular weight is 376 g/mol. The van der Waals surface area contributed by atoms with Crippen LogP contribution in [0, 0.1) is 29.1 Å². The van der Waals surface area contributed by atoms with Crippen molar-refractivity contribution in [2.24, 2.45) is 29.1 Å². The lowest BCUT2D eigenvalue weighted by Gasteiger charge is -2.51. The normalized spacial score (nSPS) is 42.3. The maximum atomic E-state index is 5.22. The Balaban J connectivity index is 1.71. The zero-order chi connectivity index (χ0) is 19.4. The molecule has 1 aliphatic heterocycles. The molecule has 2 nitrogen and oxygen atoms in total. The topological polar surface area (TPSA) is 12.5 Å². The van der Waals surface area contributed by atoms with Crippen molar-refractivity contribution >= 4 is 0 Å². The molecule has 0 aromatic heterocycles. The molecule has 0 aromatic carbocycles. The first-order chi connectivity index (χ1) is 13.0.